The van der Waals surface area contributed by atoms with E-state index in [1.54, 1.807) is 18.2 Å². The van der Waals surface area contributed by atoms with E-state index in [0.29, 0.717) is 0 Å². The molecular weight excluding hydrogens is 398 g/mol. The Morgan fingerprint density at radius 3 is 2.66 bits per heavy atom. The van der Waals surface area contributed by atoms with Crippen molar-refractivity contribution in [1.29, 1.82) is 0 Å². The molecule has 0 saturated carbocycles. The highest BCUT2D eigenvalue weighted by Gasteiger charge is 2.45. The molecule has 1 atom stereocenters. The van der Waals surface area contributed by atoms with Gasteiger partial charge in [0.05, 0.1) is 12.5 Å². The van der Waals surface area contributed by atoms with Crippen LogP contribution in [0, 0.1) is 5.41 Å². The Morgan fingerprint density at radius 2 is 1.91 bits per heavy atom. The number of ether oxygens (including phenoxy) is 1. The van der Waals surface area contributed by atoms with Crippen LogP contribution in [0.15, 0.2) is 73.1 Å². The lowest BCUT2D eigenvalue weighted by atomic mass is 9.79. The van der Waals surface area contributed by atoms with Gasteiger partial charge in [0.1, 0.15) is 5.75 Å². The summed E-state index contributed by atoms with van der Waals surface area (Å²) in [4.78, 5) is 21.8. The zero-order valence-corrected chi connectivity index (χ0v) is 19.1. The maximum atomic E-state index is 13.4. The zero-order chi connectivity index (χ0) is 22.6. The topological polar surface area (TPSA) is 45.7 Å². The number of nitrogens with zero attached hydrogens (tertiary/aromatic N) is 3. The molecule has 1 aliphatic rings. The van der Waals surface area contributed by atoms with E-state index in [-0.39, 0.29) is 5.91 Å². The second kappa shape index (κ2) is 9.53. The van der Waals surface area contributed by atoms with Gasteiger partial charge in [-0.3, -0.25) is 14.7 Å². The third-order valence-corrected chi connectivity index (χ3v) is 6.34. The van der Waals surface area contributed by atoms with Crippen molar-refractivity contribution in [3.05, 3.63) is 84.2 Å². The normalized spacial score (nSPS) is 18.5. The maximum absolute atomic E-state index is 13.4. The predicted octanol–water partition coefficient (Wildman–Crippen LogP) is 4.28. The molecule has 32 heavy (non-hydrogen) atoms. The first-order valence-electron chi connectivity index (χ1n) is 11.1. The number of pyridine rings is 1. The zero-order valence-electron chi connectivity index (χ0n) is 19.1. The Kier molecular flexibility index (Phi) is 6.56. The summed E-state index contributed by atoms with van der Waals surface area (Å²) in [6, 6.07) is 20.6. The number of benzene rings is 2. The van der Waals surface area contributed by atoms with Crippen LogP contribution in [-0.2, 0) is 17.8 Å². The van der Waals surface area contributed by atoms with Crippen LogP contribution in [0.2, 0.25) is 0 Å². The molecule has 3 aromatic rings. The minimum Gasteiger partial charge on any atom is -0.496 e. The van der Waals surface area contributed by atoms with Gasteiger partial charge in [-0.15, -0.1) is 0 Å². The van der Waals surface area contributed by atoms with Crippen LogP contribution in [0.3, 0.4) is 0 Å². The Morgan fingerprint density at radius 1 is 1.09 bits per heavy atom. The van der Waals surface area contributed by atoms with Gasteiger partial charge in [-0.2, -0.15) is 0 Å². The minimum absolute atomic E-state index is 0.201. The van der Waals surface area contributed by atoms with Crippen LogP contribution < -0.4 is 4.74 Å². The van der Waals surface area contributed by atoms with Gasteiger partial charge in [-0.05, 0) is 48.2 Å². The monoisotopic (exact) mass is 429 g/mol. The van der Waals surface area contributed by atoms with E-state index < -0.39 is 5.41 Å². The highest BCUT2D eigenvalue weighted by molar-refractivity contribution is 5.83. The molecule has 166 valence electrons. The van der Waals surface area contributed by atoms with E-state index in [0.717, 1.165) is 54.9 Å². The summed E-state index contributed by atoms with van der Waals surface area (Å²) in [5.74, 6) is 1.10. The molecule has 2 heterocycles. The third kappa shape index (κ3) is 4.68. The van der Waals surface area contributed by atoms with Gasteiger partial charge in [0, 0.05) is 45.1 Å². The number of methoxy groups -OCH3 is 1. The van der Waals surface area contributed by atoms with Crippen molar-refractivity contribution in [2.45, 2.75) is 19.4 Å². The van der Waals surface area contributed by atoms with E-state index in [2.05, 4.69) is 46.3 Å². The quantitative estimate of drug-likeness (QED) is 0.562. The molecule has 1 aliphatic heterocycles. The smallest absolute Gasteiger partial charge is 0.229 e. The molecule has 0 N–H and O–H groups in total. The second-order valence-electron chi connectivity index (χ2n) is 8.87. The van der Waals surface area contributed by atoms with Crippen molar-refractivity contribution < 1.29 is 9.53 Å². The molecule has 0 aliphatic carbocycles. The molecule has 4 rings (SSSR count). The average Bonchev–Trinajstić information content (AvgIpc) is 3.23. The lowest BCUT2D eigenvalue weighted by molar-refractivity contribution is -0.138. The fraction of sp³-hybridized carbons (Fsp3) is 0.333. The molecule has 0 bridgehead atoms. The van der Waals surface area contributed by atoms with Gasteiger partial charge in [0.15, 0.2) is 0 Å². The molecule has 1 amide bonds. The van der Waals surface area contributed by atoms with Gasteiger partial charge in [0.25, 0.3) is 0 Å². The van der Waals surface area contributed by atoms with Crippen LogP contribution in [0.1, 0.15) is 17.5 Å². The lowest BCUT2D eigenvalue weighted by Crippen LogP contribution is -2.43. The molecule has 5 nitrogen and oxygen atoms in total. The van der Waals surface area contributed by atoms with Crippen LogP contribution in [0.5, 0.6) is 5.75 Å². The second-order valence-corrected chi connectivity index (χ2v) is 8.87. The van der Waals surface area contributed by atoms with Crippen LogP contribution in [-0.4, -0.2) is 55.0 Å². The number of carbonyl (C=O) groups is 1. The lowest BCUT2D eigenvalue weighted by Gasteiger charge is -2.31. The van der Waals surface area contributed by atoms with Gasteiger partial charge in [-0.1, -0.05) is 48.5 Å². The van der Waals surface area contributed by atoms with Crippen molar-refractivity contribution >= 4 is 5.91 Å². The molecule has 2 aromatic carbocycles. The fourth-order valence-corrected chi connectivity index (χ4v) is 4.82. The molecule has 1 fully saturated rings. The standard InChI is InChI=1S/C27H31N3O2/c1-29(2)26(31)27(13-15-30(20-27)19-24-9-4-5-12-25(24)32-3)17-21-8-6-10-22(16-21)23-11-7-14-28-18-23/h4-12,14,16,18H,13,15,17,19-20H2,1-3H3. The van der Waals surface area contributed by atoms with E-state index in [1.807, 2.05) is 44.6 Å². The first kappa shape index (κ1) is 22.0. The fourth-order valence-electron chi connectivity index (χ4n) is 4.82. The number of hydrogen-bond acceptors (Lipinski definition) is 4. The van der Waals surface area contributed by atoms with E-state index in [9.17, 15) is 4.79 Å². The van der Waals surface area contributed by atoms with Crippen molar-refractivity contribution in [1.82, 2.24) is 14.8 Å². The van der Waals surface area contributed by atoms with Gasteiger partial charge < -0.3 is 9.64 Å². The Hall–Kier alpha value is -3.18. The summed E-state index contributed by atoms with van der Waals surface area (Å²) >= 11 is 0. The summed E-state index contributed by atoms with van der Waals surface area (Å²) in [7, 11) is 5.43. The number of carbonyl (C=O) groups excluding carboxylic acids is 1. The van der Waals surface area contributed by atoms with Gasteiger partial charge in [0.2, 0.25) is 5.91 Å². The van der Waals surface area contributed by atoms with Crippen molar-refractivity contribution in [3.8, 4) is 16.9 Å². The van der Waals surface area contributed by atoms with Crippen LogP contribution >= 0.6 is 0 Å². The number of rotatable bonds is 7. The average molecular weight is 430 g/mol. The highest BCUT2D eigenvalue weighted by atomic mass is 16.5. The van der Waals surface area contributed by atoms with Crippen molar-refractivity contribution in [3.63, 3.8) is 0 Å². The number of hydrogen-bond donors (Lipinski definition) is 0. The Bertz CT molecular complexity index is 1070. The summed E-state index contributed by atoms with van der Waals surface area (Å²) in [6.45, 7) is 2.40. The summed E-state index contributed by atoms with van der Waals surface area (Å²) < 4.78 is 5.54. The summed E-state index contributed by atoms with van der Waals surface area (Å²) in [6.07, 6.45) is 5.23. The van der Waals surface area contributed by atoms with E-state index in [4.69, 9.17) is 4.74 Å². The van der Waals surface area contributed by atoms with E-state index in [1.165, 1.54) is 5.56 Å². The molecule has 1 unspecified atom stereocenters. The number of likely N-dealkylation sites (tertiary alicyclic amines) is 1. The predicted molar refractivity (Wildman–Crippen MR) is 127 cm³/mol. The van der Waals surface area contributed by atoms with Gasteiger partial charge >= 0.3 is 0 Å². The van der Waals surface area contributed by atoms with Gasteiger partial charge in [-0.25, -0.2) is 0 Å². The summed E-state index contributed by atoms with van der Waals surface area (Å²) in [5.41, 5.74) is 4.12. The minimum atomic E-state index is -0.431. The molecule has 1 aromatic heterocycles. The third-order valence-electron chi connectivity index (χ3n) is 6.34. The maximum Gasteiger partial charge on any atom is 0.229 e. The first-order valence-corrected chi connectivity index (χ1v) is 11.1. The highest BCUT2D eigenvalue weighted by Crippen LogP contribution is 2.38. The van der Waals surface area contributed by atoms with Crippen LogP contribution in [0.25, 0.3) is 11.1 Å². The SMILES string of the molecule is COc1ccccc1CN1CCC(Cc2cccc(-c3cccnc3)c2)(C(=O)N(C)C)C1. The number of aromatic nitrogens is 1. The molecular formula is C27H31N3O2. The molecule has 5 heteroatoms. The van der Waals surface area contributed by atoms with Crippen LogP contribution in [0.4, 0.5) is 0 Å². The van der Waals surface area contributed by atoms with Crippen molar-refractivity contribution in [2.75, 3.05) is 34.3 Å². The number of para-hydroxylation sites is 1. The Labute approximate surface area is 190 Å². The first-order chi connectivity index (χ1) is 15.5. The number of amides is 1. The summed E-state index contributed by atoms with van der Waals surface area (Å²) in [5, 5.41) is 0. The molecule has 0 radical (unpaired) electrons. The van der Waals surface area contributed by atoms with Crippen molar-refractivity contribution in [2.24, 2.45) is 5.41 Å². The largest absolute Gasteiger partial charge is 0.496 e. The Balaban J connectivity index is 1.58. The molecule has 1 saturated heterocycles. The van der Waals surface area contributed by atoms with E-state index >= 15 is 0 Å². The molecule has 0 spiro atoms.